The number of unbranched alkanes of at least 4 members (excludes halogenated alkanes) is 5. The van der Waals surface area contributed by atoms with Gasteiger partial charge in [-0.25, -0.2) is 0 Å². The fourth-order valence-corrected chi connectivity index (χ4v) is 1.72. The summed E-state index contributed by atoms with van der Waals surface area (Å²) < 4.78 is 5.72. The lowest BCUT2D eigenvalue weighted by molar-refractivity contribution is 0.0633. The van der Waals surface area contributed by atoms with Crippen LogP contribution in [0.3, 0.4) is 0 Å². The Morgan fingerprint density at radius 3 is 2.31 bits per heavy atom. The minimum atomic E-state index is 0.336. The quantitative estimate of drug-likeness (QED) is 0.358. The monoisotopic (exact) mass is 225 g/mol. The van der Waals surface area contributed by atoms with Gasteiger partial charge in [-0.1, -0.05) is 64.5 Å². The molecule has 0 amide bonds. The predicted molar refractivity (Wildman–Crippen MR) is 72.5 cm³/mol. The van der Waals surface area contributed by atoms with Gasteiger partial charge in [-0.05, 0) is 19.8 Å². The van der Waals surface area contributed by atoms with Crippen LogP contribution in [-0.4, -0.2) is 12.7 Å². The summed E-state index contributed by atoms with van der Waals surface area (Å²) in [4.78, 5) is 0. The van der Waals surface area contributed by atoms with Gasteiger partial charge in [0.25, 0.3) is 0 Å². The summed E-state index contributed by atoms with van der Waals surface area (Å²) in [5.74, 6) is 0. The standard InChI is InChI=1S/C15H29O/c1-5-7-8-9-10-11-12-15(6-2)16-13-14(3)4/h15H,2-3,5-13H2,1,4H3. The smallest absolute Gasteiger partial charge is 0.0675 e. The first kappa shape index (κ1) is 15.7. The molecular weight excluding hydrogens is 196 g/mol. The zero-order valence-electron chi connectivity index (χ0n) is 11.3. The molecule has 0 aromatic heterocycles. The molecule has 0 spiro atoms. The highest BCUT2D eigenvalue weighted by Crippen LogP contribution is 2.12. The lowest BCUT2D eigenvalue weighted by atomic mass is 10.1. The molecular formula is C15H29O. The first-order valence-electron chi connectivity index (χ1n) is 6.76. The van der Waals surface area contributed by atoms with Crippen molar-refractivity contribution in [3.8, 4) is 0 Å². The molecule has 0 aliphatic carbocycles. The van der Waals surface area contributed by atoms with Crippen LogP contribution >= 0.6 is 0 Å². The van der Waals surface area contributed by atoms with Crippen molar-refractivity contribution in [3.63, 3.8) is 0 Å². The van der Waals surface area contributed by atoms with Crippen molar-refractivity contribution in [2.75, 3.05) is 6.61 Å². The van der Waals surface area contributed by atoms with Gasteiger partial charge in [-0.3, -0.25) is 0 Å². The Bertz CT molecular complexity index is 163. The lowest BCUT2D eigenvalue weighted by Crippen LogP contribution is -2.13. The molecule has 0 saturated carbocycles. The van der Waals surface area contributed by atoms with Crippen molar-refractivity contribution in [3.05, 3.63) is 19.1 Å². The Morgan fingerprint density at radius 1 is 1.12 bits per heavy atom. The van der Waals surface area contributed by atoms with Gasteiger partial charge >= 0.3 is 0 Å². The summed E-state index contributed by atoms with van der Waals surface area (Å²) in [6.45, 7) is 12.7. The Labute approximate surface area is 102 Å². The Morgan fingerprint density at radius 2 is 1.75 bits per heavy atom. The fourth-order valence-electron chi connectivity index (χ4n) is 1.72. The summed E-state index contributed by atoms with van der Waals surface area (Å²) in [7, 11) is 0. The van der Waals surface area contributed by atoms with Crippen molar-refractivity contribution in [1.82, 2.24) is 0 Å². The molecule has 0 fully saturated rings. The summed E-state index contributed by atoms with van der Waals surface area (Å²) in [6.07, 6.45) is 10.4. The third-order valence-corrected chi connectivity index (χ3v) is 2.77. The van der Waals surface area contributed by atoms with E-state index in [9.17, 15) is 0 Å². The van der Waals surface area contributed by atoms with Crippen molar-refractivity contribution >= 4 is 0 Å². The number of hydrogen-bond acceptors (Lipinski definition) is 1. The lowest BCUT2D eigenvalue weighted by Gasteiger charge is -2.15. The van der Waals surface area contributed by atoms with E-state index in [2.05, 4.69) is 20.4 Å². The molecule has 1 radical (unpaired) electrons. The molecule has 0 aliphatic rings. The predicted octanol–water partition coefficient (Wildman–Crippen LogP) is 4.92. The van der Waals surface area contributed by atoms with E-state index in [-0.39, 0.29) is 0 Å². The van der Waals surface area contributed by atoms with Crippen LogP contribution < -0.4 is 0 Å². The Hall–Kier alpha value is -0.300. The highest BCUT2D eigenvalue weighted by atomic mass is 16.5. The first-order valence-corrected chi connectivity index (χ1v) is 6.76. The topological polar surface area (TPSA) is 9.23 Å². The molecule has 0 aromatic rings. The molecule has 1 heteroatoms. The van der Waals surface area contributed by atoms with Crippen LogP contribution in [0.4, 0.5) is 0 Å². The summed E-state index contributed by atoms with van der Waals surface area (Å²) in [6, 6.07) is 0. The SMILES string of the molecule is [CH2]CC(CCCCCCCC)OCC(=C)C. The number of ether oxygens (including phenoxy) is 1. The van der Waals surface area contributed by atoms with E-state index < -0.39 is 0 Å². The largest absolute Gasteiger partial charge is 0.374 e. The van der Waals surface area contributed by atoms with E-state index in [1.165, 1.54) is 38.5 Å². The van der Waals surface area contributed by atoms with E-state index in [4.69, 9.17) is 4.74 Å². The highest BCUT2D eigenvalue weighted by molar-refractivity contribution is 4.87. The highest BCUT2D eigenvalue weighted by Gasteiger charge is 2.05. The fraction of sp³-hybridized carbons (Fsp3) is 0.800. The van der Waals surface area contributed by atoms with Crippen LogP contribution in [0.5, 0.6) is 0 Å². The van der Waals surface area contributed by atoms with Crippen LogP contribution in [0.15, 0.2) is 12.2 Å². The maximum Gasteiger partial charge on any atom is 0.0675 e. The van der Waals surface area contributed by atoms with Crippen molar-refractivity contribution in [2.24, 2.45) is 0 Å². The summed E-state index contributed by atoms with van der Waals surface area (Å²) >= 11 is 0. The molecule has 1 unspecified atom stereocenters. The van der Waals surface area contributed by atoms with Gasteiger partial charge in [-0.2, -0.15) is 0 Å². The van der Waals surface area contributed by atoms with E-state index in [1.807, 2.05) is 6.92 Å². The molecule has 1 atom stereocenters. The number of rotatable bonds is 11. The molecule has 0 aliphatic heterocycles. The van der Waals surface area contributed by atoms with Gasteiger partial charge in [0.2, 0.25) is 0 Å². The molecule has 0 N–H and O–H groups in total. The maximum atomic E-state index is 5.72. The van der Waals surface area contributed by atoms with E-state index in [0.29, 0.717) is 12.7 Å². The van der Waals surface area contributed by atoms with Crippen LogP contribution in [-0.2, 0) is 4.74 Å². The van der Waals surface area contributed by atoms with Crippen molar-refractivity contribution < 1.29 is 4.74 Å². The minimum Gasteiger partial charge on any atom is -0.374 e. The average molecular weight is 225 g/mol. The minimum absolute atomic E-state index is 0.336. The van der Waals surface area contributed by atoms with Crippen LogP contribution in [0.2, 0.25) is 0 Å². The second-order valence-electron chi connectivity index (χ2n) is 4.74. The third kappa shape index (κ3) is 10.2. The van der Waals surface area contributed by atoms with Crippen LogP contribution in [0, 0.1) is 6.92 Å². The zero-order chi connectivity index (χ0) is 12.2. The van der Waals surface area contributed by atoms with Gasteiger partial charge in [0, 0.05) is 0 Å². The van der Waals surface area contributed by atoms with Gasteiger partial charge in [0.1, 0.15) is 0 Å². The molecule has 0 heterocycles. The van der Waals surface area contributed by atoms with E-state index in [0.717, 1.165) is 18.4 Å². The molecule has 0 rings (SSSR count). The second kappa shape index (κ2) is 11.2. The van der Waals surface area contributed by atoms with Crippen LogP contribution in [0.1, 0.15) is 65.2 Å². The van der Waals surface area contributed by atoms with Gasteiger partial charge in [0.15, 0.2) is 0 Å². The average Bonchev–Trinajstić information content (AvgIpc) is 2.27. The molecule has 1 nitrogen and oxygen atoms in total. The van der Waals surface area contributed by atoms with Gasteiger partial charge < -0.3 is 4.74 Å². The Kier molecular flexibility index (Phi) is 11.0. The van der Waals surface area contributed by atoms with E-state index in [1.54, 1.807) is 0 Å². The van der Waals surface area contributed by atoms with Crippen LogP contribution in [0.25, 0.3) is 0 Å². The third-order valence-electron chi connectivity index (χ3n) is 2.77. The second-order valence-corrected chi connectivity index (χ2v) is 4.74. The van der Waals surface area contributed by atoms with Crippen molar-refractivity contribution in [1.29, 1.82) is 0 Å². The molecule has 16 heavy (non-hydrogen) atoms. The first-order chi connectivity index (χ1) is 7.70. The van der Waals surface area contributed by atoms with E-state index >= 15 is 0 Å². The summed E-state index contributed by atoms with van der Waals surface area (Å²) in [5.41, 5.74) is 1.10. The van der Waals surface area contributed by atoms with Crippen molar-refractivity contribution in [2.45, 2.75) is 71.3 Å². The normalized spacial score (nSPS) is 12.7. The van der Waals surface area contributed by atoms with Gasteiger partial charge in [0.05, 0.1) is 12.7 Å². The maximum absolute atomic E-state index is 5.72. The van der Waals surface area contributed by atoms with Gasteiger partial charge in [-0.15, -0.1) is 0 Å². The number of hydrogen-bond donors (Lipinski definition) is 0. The zero-order valence-corrected chi connectivity index (χ0v) is 11.3. The molecule has 0 aromatic carbocycles. The molecule has 0 saturated heterocycles. The molecule has 95 valence electrons. The Balaban J connectivity index is 3.37. The molecule has 0 bridgehead atoms. The summed E-state index contributed by atoms with van der Waals surface area (Å²) in [5, 5.41) is 0.